The number of carbonyl (C=O) groups excluding carboxylic acids is 1. The van der Waals surface area contributed by atoms with Crippen molar-refractivity contribution in [2.24, 2.45) is 0 Å². The van der Waals surface area contributed by atoms with Gasteiger partial charge in [0.1, 0.15) is 0 Å². The molecule has 0 aliphatic rings. The summed E-state index contributed by atoms with van der Waals surface area (Å²) in [6.45, 7) is 1.84. The van der Waals surface area contributed by atoms with Crippen molar-refractivity contribution in [3.63, 3.8) is 0 Å². The van der Waals surface area contributed by atoms with Gasteiger partial charge in [-0.25, -0.2) is 4.98 Å². The van der Waals surface area contributed by atoms with Gasteiger partial charge in [-0.15, -0.1) is 0 Å². The smallest absolute Gasteiger partial charge is 0.240 e. The van der Waals surface area contributed by atoms with E-state index in [1.165, 1.54) is 15.9 Å². The van der Waals surface area contributed by atoms with Crippen molar-refractivity contribution in [2.45, 2.75) is 6.92 Å². The minimum atomic E-state index is -0.478. The number of carbonyl (C=O) groups is 1. The maximum Gasteiger partial charge on any atom is 0.240 e. The van der Waals surface area contributed by atoms with Crippen LogP contribution in [0.15, 0.2) is 59.6 Å². The average Bonchev–Trinajstić information content (AvgIpc) is 3.48. The monoisotopic (exact) mass is 416 g/mol. The lowest BCUT2D eigenvalue weighted by Crippen LogP contribution is -2.05. The Morgan fingerprint density at radius 1 is 1.17 bits per heavy atom. The standard InChI is InChI=1S/C22H16N4O3S/c1-12-3-2-4-16(25-12)19-18(20(27)13-7-8-30-10-13)21(28)22(29)26(19)14-5-6-15-17(9-14)24-11-23-15/h2-11,28-29H,1H3,(H,23,24). The van der Waals surface area contributed by atoms with Crippen LogP contribution in [0.1, 0.15) is 21.6 Å². The highest BCUT2D eigenvalue weighted by molar-refractivity contribution is 7.08. The highest BCUT2D eigenvalue weighted by Gasteiger charge is 2.30. The second kappa shape index (κ2) is 6.85. The van der Waals surface area contributed by atoms with Crippen LogP contribution >= 0.6 is 11.3 Å². The molecule has 8 heteroatoms. The van der Waals surface area contributed by atoms with Gasteiger partial charge in [0.15, 0.2) is 11.5 Å². The molecule has 5 rings (SSSR count). The Morgan fingerprint density at radius 3 is 2.80 bits per heavy atom. The van der Waals surface area contributed by atoms with Gasteiger partial charge in [-0.2, -0.15) is 11.3 Å². The Kier molecular flexibility index (Phi) is 4.14. The fourth-order valence-electron chi connectivity index (χ4n) is 3.53. The van der Waals surface area contributed by atoms with Crippen molar-refractivity contribution in [1.29, 1.82) is 0 Å². The fraction of sp³-hybridized carbons (Fsp3) is 0.0455. The van der Waals surface area contributed by atoms with Crippen LogP contribution in [0.2, 0.25) is 0 Å². The number of rotatable bonds is 4. The number of ketones is 1. The minimum absolute atomic E-state index is 0.00806. The number of thiophene rings is 1. The van der Waals surface area contributed by atoms with Crippen molar-refractivity contribution >= 4 is 28.2 Å². The van der Waals surface area contributed by atoms with Crippen LogP contribution in [0.3, 0.4) is 0 Å². The van der Waals surface area contributed by atoms with Crippen molar-refractivity contribution < 1.29 is 15.0 Å². The van der Waals surface area contributed by atoms with Gasteiger partial charge < -0.3 is 15.2 Å². The number of nitrogens with zero attached hydrogens (tertiary/aromatic N) is 3. The second-order valence-corrected chi connectivity index (χ2v) is 7.62. The molecule has 0 atom stereocenters. The van der Waals surface area contributed by atoms with E-state index in [9.17, 15) is 15.0 Å². The molecule has 0 spiro atoms. The van der Waals surface area contributed by atoms with Gasteiger partial charge in [-0.3, -0.25) is 14.3 Å². The van der Waals surface area contributed by atoms with Gasteiger partial charge >= 0.3 is 0 Å². The lowest BCUT2D eigenvalue weighted by atomic mass is 10.0. The molecule has 0 radical (unpaired) electrons. The molecule has 0 bridgehead atoms. The maximum absolute atomic E-state index is 13.3. The number of aryl methyl sites for hydroxylation is 1. The molecule has 0 amide bonds. The van der Waals surface area contributed by atoms with E-state index in [-0.39, 0.29) is 11.3 Å². The predicted molar refractivity (Wildman–Crippen MR) is 114 cm³/mol. The lowest BCUT2D eigenvalue weighted by molar-refractivity contribution is 0.103. The van der Waals surface area contributed by atoms with Crippen LogP contribution in [0.5, 0.6) is 11.6 Å². The van der Waals surface area contributed by atoms with Gasteiger partial charge in [-0.05, 0) is 48.7 Å². The summed E-state index contributed by atoms with van der Waals surface area (Å²) < 4.78 is 1.44. The number of aromatic nitrogens is 4. The normalized spacial score (nSPS) is 11.2. The van der Waals surface area contributed by atoms with Gasteiger partial charge in [0.2, 0.25) is 5.88 Å². The summed E-state index contributed by atoms with van der Waals surface area (Å²) in [5.74, 6) is -1.29. The summed E-state index contributed by atoms with van der Waals surface area (Å²) in [6, 6.07) is 12.4. The van der Waals surface area contributed by atoms with E-state index >= 15 is 0 Å². The third-order valence-corrected chi connectivity index (χ3v) is 5.61. The largest absolute Gasteiger partial charge is 0.503 e. The molecule has 148 valence electrons. The molecular weight excluding hydrogens is 400 g/mol. The number of hydrogen-bond acceptors (Lipinski definition) is 6. The number of aromatic amines is 1. The summed E-state index contributed by atoms with van der Waals surface area (Å²) in [5.41, 5.74) is 4.06. The molecule has 0 saturated carbocycles. The second-order valence-electron chi connectivity index (χ2n) is 6.84. The fourth-order valence-corrected chi connectivity index (χ4v) is 4.17. The van der Waals surface area contributed by atoms with Gasteiger partial charge in [-0.1, -0.05) is 6.07 Å². The zero-order valence-corrected chi connectivity index (χ0v) is 16.6. The third kappa shape index (κ3) is 2.77. The van der Waals surface area contributed by atoms with Gasteiger partial charge in [0.05, 0.1) is 40.0 Å². The topological polar surface area (TPSA) is 104 Å². The number of hydrogen-bond donors (Lipinski definition) is 3. The van der Waals surface area contributed by atoms with Crippen molar-refractivity contribution in [3.05, 3.63) is 76.4 Å². The Balaban J connectivity index is 1.84. The summed E-state index contributed by atoms with van der Waals surface area (Å²) in [6.07, 6.45) is 1.58. The number of benzene rings is 1. The van der Waals surface area contributed by atoms with E-state index < -0.39 is 11.6 Å². The first kappa shape index (κ1) is 18.1. The van der Waals surface area contributed by atoms with E-state index in [1.54, 1.807) is 47.4 Å². The maximum atomic E-state index is 13.3. The number of pyridine rings is 1. The Morgan fingerprint density at radius 2 is 2.03 bits per heavy atom. The van der Waals surface area contributed by atoms with Crippen LogP contribution in [0.4, 0.5) is 0 Å². The minimum Gasteiger partial charge on any atom is -0.503 e. The van der Waals surface area contributed by atoms with Crippen molar-refractivity contribution in [1.82, 2.24) is 19.5 Å². The molecule has 4 aromatic heterocycles. The first-order chi connectivity index (χ1) is 14.5. The average molecular weight is 416 g/mol. The Hall–Kier alpha value is -3.91. The molecule has 3 N–H and O–H groups in total. The zero-order chi connectivity index (χ0) is 20.8. The number of fused-ring (bicyclic) bond motifs is 1. The molecule has 30 heavy (non-hydrogen) atoms. The molecular formula is C22H16N4O3S. The van der Waals surface area contributed by atoms with E-state index in [0.29, 0.717) is 22.6 Å². The predicted octanol–water partition coefficient (Wildman–Crippen LogP) is 4.43. The van der Waals surface area contributed by atoms with Crippen molar-refractivity contribution in [2.75, 3.05) is 0 Å². The number of H-pyrrole nitrogens is 1. The molecule has 0 saturated heterocycles. The van der Waals surface area contributed by atoms with Gasteiger partial charge in [0.25, 0.3) is 0 Å². The summed E-state index contributed by atoms with van der Waals surface area (Å²) in [4.78, 5) is 25.0. The molecule has 4 heterocycles. The molecule has 0 aliphatic carbocycles. The highest BCUT2D eigenvalue weighted by Crippen LogP contribution is 2.43. The van der Waals surface area contributed by atoms with Crippen LogP contribution in [-0.2, 0) is 0 Å². The first-order valence-corrected chi connectivity index (χ1v) is 10.1. The highest BCUT2D eigenvalue weighted by atomic mass is 32.1. The van der Waals surface area contributed by atoms with E-state index in [1.807, 2.05) is 19.1 Å². The molecule has 5 aromatic rings. The third-order valence-electron chi connectivity index (χ3n) is 4.92. The van der Waals surface area contributed by atoms with E-state index in [2.05, 4.69) is 15.0 Å². The summed E-state index contributed by atoms with van der Waals surface area (Å²) in [7, 11) is 0. The molecule has 0 fully saturated rings. The molecule has 1 aromatic carbocycles. The summed E-state index contributed by atoms with van der Waals surface area (Å²) >= 11 is 1.38. The molecule has 7 nitrogen and oxygen atoms in total. The summed E-state index contributed by atoms with van der Waals surface area (Å²) in [5, 5.41) is 25.2. The SMILES string of the molecule is Cc1cccc(-c2c(C(=O)c3ccsc3)c(O)c(O)n2-c2ccc3nc[nH]c3c2)n1. The number of imidazole rings is 1. The lowest BCUT2D eigenvalue weighted by Gasteiger charge is -2.12. The van der Waals surface area contributed by atoms with Crippen LogP contribution in [-0.4, -0.2) is 35.5 Å². The molecule has 0 aliphatic heterocycles. The van der Waals surface area contributed by atoms with Crippen LogP contribution < -0.4 is 0 Å². The number of aromatic hydroxyl groups is 2. The Labute approximate surface area is 174 Å². The number of nitrogens with one attached hydrogen (secondary N) is 1. The van der Waals surface area contributed by atoms with E-state index in [4.69, 9.17) is 0 Å². The Bertz CT molecular complexity index is 1400. The quantitative estimate of drug-likeness (QED) is 0.376. The van der Waals surface area contributed by atoms with Crippen LogP contribution in [0, 0.1) is 6.92 Å². The molecule has 0 unspecified atom stereocenters. The van der Waals surface area contributed by atoms with Gasteiger partial charge in [0, 0.05) is 16.6 Å². The zero-order valence-electron chi connectivity index (χ0n) is 15.8. The van der Waals surface area contributed by atoms with E-state index in [0.717, 1.165) is 16.7 Å². The van der Waals surface area contributed by atoms with Crippen LogP contribution in [0.25, 0.3) is 28.1 Å². The first-order valence-electron chi connectivity index (χ1n) is 9.15. The van der Waals surface area contributed by atoms with Crippen molar-refractivity contribution in [3.8, 4) is 28.7 Å².